The van der Waals surface area contributed by atoms with E-state index in [2.05, 4.69) is 14.7 Å². The predicted molar refractivity (Wildman–Crippen MR) is 264 cm³/mol. The number of furan rings is 3. The zero-order valence-electron chi connectivity index (χ0n) is 33.7. The van der Waals surface area contributed by atoms with Gasteiger partial charge in [0.2, 0.25) is 0 Å². The standard InChI is InChI=1S/C16H15Cl2NOS.2C16H16ClNOS/c17-12-5-4-11(10-13(12)18)14-6-7-15(20-14)16(21)19-8-2-1-3-9-19;17-13-6-4-12(5-7-13)14-8-9-15(19-14)16(20)18-10-2-1-3-11-18;17-13-6-4-5-12(11-13)14-7-8-15(19-14)16(20)18-9-2-1-3-10-18/h4-7,10H,1-3,8-9H2;4-9H,1-3,10-11H2;4-8,11H,1-3,9-10H2. The molecule has 6 aromatic rings. The molecule has 6 heterocycles. The van der Waals surface area contributed by atoms with Crippen molar-refractivity contribution in [3.8, 4) is 34.0 Å². The van der Waals surface area contributed by atoms with Crippen molar-refractivity contribution in [1.29, 1.82) is 0 Å². The summed E-state index contributed by atoms with van der Waals surface area (Å²) in [6, 6.07) is 32.4. The van der Waals surface area contributed by atoms with Crippen LogP contribution in [0.3, 0.4) is 0 Å². The molecule has 3 saturated heterocycles. The summed E-state index contributed by atoms with van der Waals surface area (Å²) in [5, 5.41) is 2.49. The number of likely N-dealkylation sites (tertiary alicyclic amines) is 3. The van der Waals surface area contributed by atoms with Gasteiger partial charge in [-0.1, -0.05) is 95.2 Å². The summed E-state index contributed by atoms with van der Waals surface area (Å²) in [6.07, 6.45) is 11.1. The number of halogens is 4. The summed E-state index contributed by atoms with van der Waals surface area (Å²) in [6.45, 7) is 6.17. The summed E-state index contributed by atoms with van der Waals surface area (Å²) in [7, 11) is 0. The number of hydrogen-bond acceptors (Lipinski definition) is 6. The lowest BCUT2D eigenvalue weighted by atomic mass is 10.1. The van der Waals surface area contributed by atoms with Crippen LogP contribution in [0.5, 0.6) is 0 Å². The first kappa shape index (κ1) is 45.4. The van der Waals surface area contributed by atoms with E-state index in [-0.39, 0.29) is 0 Å². The summed E-state index contributed by atoms with van der Waals surface area (Å²) < 4.78 is 17.7. The molecule has 61 heavy (non-hydrogen) atoms. The molecule has 0 radical (unpaired) electrons. The molecule has 3 aromatic carbocycles. The summed E-state index contributed by atoms with van der Waals surface area (Å²) in [5.74, 6) is 4.69. The van der Waals surface area contributed by atoms with Crippen LogP contribution < -0.4 is 0 Å². The van der Waals surface area contributed by atoms with Gasteiger partial charge in [-0.25, -0.2) is 0 Å². The van der Waals surface area contributed by atoms with Crippen molar-refractivity contribution in [3.63, 3.8) is 0 Å². The van der Waals surface area contributed by atoms with Crippen LogP contribution in [0, 0.1) is 0 Å². The maximum Gasteiger partial charge on any atom is 0.162 e. The van der Waals surface area contributed by atoms with E-state index < -0.39 is 0 Å². The van der Waals surface area contributed by atoms with E-state index in [1.54, 1.807) is 12.1 Å². The van der Waals surface area contributed by atoms with Crippen LogP contribution in [-0.4, -0.2) is 68.9 Å². The normalized spacial score (nSPS) is 15.3. The number of piperidine rings is 3. The minimum Gasteiger partial charge on any atom is -0.454 e. The Morgan fingerprint density at radius 3 is 1.18 bits per heavy atom. The van der Waals surface area contributed by atoms with Crippen molar-refractivity contribution in [2.75, 3.05) is 39.3 Å². The Balaban J connectivity index is 0.000000138. The topological polar surface area (TPSA) is 49.1 Å². The highest BCUT2D eigenvalue weighted by Crippen LogP contribution is 2.31. The lowest BCUT2D eigenvalue weighted by Crippen LogP contribution is -2.34. The molecule has 0 aliphatic carbocycles. The molecule has 0 atom stereocenters. The molecule has 6 nitrogen and oxygen atoms in total. The van der Waals surface area contributed by atoms with Gasteiger partial charge in [-0.2, -0.15) is 0 Å². The van der Waals surface area contributed by atoms with Gasteiger partial charge in [0.05, 0.1) is 10.0 Å². The van der Waals surface area contributed by atoms with Gasteiger partial charge in [0.25, 0.3) is 0 Å². The number of rotatable bonds is 6. The first-order valence-corrected chi connectivity index (χ1v) is 23.5. The summed E-state index contributed by atoms with van der Waals surface area (Å²) in [5.41, 5.74) is 2.89. The lowest BCUT2D eigenvalue weighted by Gasteiger charge is -2.27. The minimum atomic E-state index is 0.519. The van der Waals surface area contributed by atoms with Gasteiger partial charge in [0, 0.05) is 66.0 Å². The van der Waals surface area contributed by atoms with E-state index in [1.807, 2.05) is 91.0 Å². The van der Waals surface area contributed by atoms with Gasteiger partial charge < -0.3 is 28.0 Å². The van der Waals surface area contributed by atoms with E-state index in [0.29, 0.717) is 15.1 Å². The fourth-order valence-electron chi connectivity index (χ4n) is 7.49. The van der Waals surface area contributed by atoms with E-state index in [4.69, 9.17) is 96.3 Å². The molecule has 318 valence electrons. The van der Waals surface area contributed by atoms with Crippen molar-refractivity contribution in [3.05, 3.63) is 140 Å². The average molecular weight is 952 g/mol. The first-order chi connectivity index (χ1) is 29.6. The Bertz CT molecular complexity index is 2410. The molecule has 3 fully saturated rings. The monoisotopic (exact) mass is 949 g/mol. The molecule has 0 bridgehead atoms. The van der Waals surface area contributed by atoms with Crippen molar-refractivity contribution in [2.24, 2.45) is 0 Å². The fourth-order valence-corrected chi connectivity index (χ4v) is 8.98. The van der Waals surface area contributed by atoms with E-state index in [0.717, 1.165) is 111 Å². The SMILES string of the molecule is S=C(c1ccc(-c2ccc(Cl)c(Cl)c2)o1)N1CCCCC1.S=C(c1ccc(-c2ccc(Cl)cc2)o1)N1CCCCC1.S=C(c1ccc(-c2cccc(Cl)c2)o1)N1CCCCC1. The maximum absolute atomic E-state index is 6.05. The van der Waals surface area contributed by atoms with E-state index in [1.165, 1.54) is 57.8 Å². The Morgan fingerprint density at radius 1 is 0.377 bits per heavy atom. The summed E-state index contributed by atoms with van der Waals surface area (Å²) >= 11 is 40.5. The molecule has 3 aromatic heterocycles. The zero-order valence-corrected chi connectivity index (χ0v) is 39.2. The fraction of sp³-hybridized carbons (Fsp3) is 0.312. The maximum atomic E-state index is 6.05. The number of thiocarbonyl (C=S) groups is 3. The van der Waals surface area contributed by atoms with Crippen LogP contribution in [0.4, 0.5) is 0 Å². The number of nitrogens with zero attached hydrogens (tertiary/aromatic N) is 3. The third-order valence-corrected chi connectivity index (χ3v) is 13.4. The Kier molecular flexibility index (Phi) is 16.4. The van der Waals surface area contributed by atoms with E-state index in [9.17, 15) is 0 Å². The predicted octanol–water partition coefficient (Wildman–Crippen LogP) is 14.9. The minimum absolute atomic E-state index is 0.519. The summed E-state index contributed by atoms with van der Waals surface area (Å²) in [4.78, 5) is 9.13. The highest BCUT2D eigenvalue weighted by molar-refractivity contribution is 7.81. The molecular weight excluding hydrogens is 905 g/mol. The smallest absolute Gasteiger partial charge is 0.162 e. The highest BCUT2D eigenvalue weighted by Gasteiger charge is 2.21. The zero-order chi connectivity index (χ0) is 42.7. The second-order valence-corrected chi connectivity index (χ2v) is 18.0. The van der Waals surface area contributed by atoms with Gasteiger partial charge in [-0.15, -0.1) is 0 Å². The van der Waals surface area contributed by atoms with Gasteiger partial charge in [-0.05, 0) is 149 Å². The second-order valence-electron chi connectivity index (χ2n) is 15.2. The number of hydrogen-bond donors (Lipinski definition) is 0. The molecule has 13 heteroatoms. The van der Waals surface area contributed by atoms with Crippen LogP contribution >= 0.6 is 83.1 Å². The molecule has 0 unspecified atom stereocenters. The Hall–Kier alpha value is -3.67. The molecule has 0 saturated carbocycles. The first-order valence-electron chi connectivity index (χ1n) is 20.8. The van der Waals surface area contributed by atoms with Crippen LogP contribution in [0.15, 0.2) is 116 Å². The van der Waals surface area contributed by atoms with Crippen LogP contribution in [-0.2, 0) is 0 Å². The Labute approximate surface area is 394 Å². The molecule has 0 N–H and O–H groups in total. The highest BCUT2D eigenvalue weighted by atomic mass is 35.5. The van der Waals surface area contributed by atoms with Gasteiger partial charge >= 0.3 is 0 Å². The van der Waals surface area contributed by atoms with Crippen LogP contribution in [0.2, 0.25) is 20.1 Å². The van der Waals surface area contributed by atoms with Crippen molar-refractivity contribution in [2.45, 2.75) is 57.8 Å². The largest absolute Gasteiger partial charge is 0.454 e. The molecule has 3 aliphatic rings. The van der Waals surface area contributed by atoms with Gasteiger partial charge in [0.1, 0.15) is 32.2 Å². The third-order valence-electron chi connectivity index (χ3n) is 10.8. The molecule has 0 spiro atoms. The van der Waals surface area contributed by atoms with E-state index >= 15 is 0 Å². The average Bonchev–Trinajstić information content (AvgIpc) is 4.11. The molecule has 3 aliphatic heterocycles. The van der Waals surface area contributed by atoms with Crippen LogP contribution in [0.25, 0.3) is 34.0 Å². The quantitative estimate of drug-likeness (QED) is 0.152. The number of benzene rings is 3. The third kappa shape index (κ3) is 12.3. The van der Waals surface area contributed by atoms with Crippen molar-refractivity contribution in [1.82, 2.24) is 14.7 Å². The second kappa shape index (κ2) is 22.1. The lowest BCUT2D eigenvalue weighted by molar-refractivity contribution is 0.342. The van der Waals surface area contributed by atoms with Gasteiger partial charge in [0.15, 0.2) is 17.3 Å². The Morgan fingerprint density at radius 2 is 0.770 bits per heavy atom. The van der Waals surface area contributed by atoms with Gasteiger partial charge in [-0.3, -0.25) is 0 Å². The van der Waals surface area contributed by atoms with Crippen molar-refractivity contribution >= 4 is 98.0 Å². The molecular formula is C48H47Cl4N3O3S3. The molecule has 9 rings (SSSR count). The van der Waals surface area contributed by atoms with Crippen molar-refractivity contribution < 1.29 is 13.3 Å². The van der Waals surface area contributed by atoms with Crippen LogP contribution in [0.1, 0.15) is 75.1 Å². The molecule has 0 amide bonds.